The van der Waals surface area contributed by atoms with E-state index in [2.05, 4.69) is 5.32 Å². The summed E-state index contributed by atoms with van der Waals surface area (Å²) in [4.78, 5) is 16.2. The maximum absolute atomic E-state index is 14.3. The van der Waals surface area contributed by atoms with Crippen LogP contribution in [0.25, 0.3) is 0 Å². The van der Waals surface area contributed by atoms with E-state index in [1.807, 2.05) is 39.8 Å². The van der Waals surface area contributed by atoms with Crippen molar-refractivity contribution in [2.45, 2.75) is 185 Å². The molecule has 0 aromatic carbocycles. The maximum atomic E-state index is 14.3. The minimum absolute atomic E-state index is 0.131. The molecule has 51 heavy (non-hydrogen) atoms. The van der Waals surface area contributed by atoms with Crippen molar-refractivity contribution in [1.82, 2.24) is 10.2 Å². The van der Waals surface area contributed by atoms with Gasteiger partial charge in [-0.15, -0.1) is 0 Å². The SMILES string of the molecule is CC[C@@H](O)[C@](C)(O)[C@@H]1OC(=O)[C@H](C)[C@@H](O[C@H]2C[C@@](C)(OC)[C@@H](O)[C@H](C)O2)[C@H](C)[C@@H](O[C@@H]2O[C@H](C)C[C@H](N(C)C)[C@H]2O)[C@@](C)(O)C[C@@H](C)CN[C@H]1C. The number of cyclic esters (lactones) is 1. The molecule has 3 heterocycles. The molecular formula is C37H70N2O12. The lowest BCUT2D eigenvalue weighted by Gasteiger charge is -2.48. The highest BCUT2D eigenvalue weighted by molar-refractivity contribution is 5.73. The molecule has 3 aliphatic rings. The predicted molar refractivity (Wildman–Crippen MR) is 190 cm³/mol. The van der Waals surface area contributed by atoms with E-state index in [1.165, 1.54) is 14.0 Å². The van der Waals surface area contributed by atoms with Crippen LogP contribution in [0.5, 0.6) is 0 Å². The Balaban J connectivity index is 2.14. The molecular weight excluding hydrogens is 664 g/mol. The second kappa shape index (κ2) is 17.6. The molecule has 0 aromatic rings. The number of carbonyl (C=O) groups is 1. The molecule has 0 spiro atoms. The fourth-order valence-corrected chi connectivity index (χ4v) is 8.36. The van der Waals surface area contributed by atoms with Crippen LogP contribution in [0.3, 0.4) is 0 Å². The van der Waals surface area contributed by atoms with Crippen LogP contribution < -0.4 is 5.32 Å². The molecule has 300 valence electrons. The lowest BCUT2D eigenvalue weighted by atomic mass is 9.77. The summed E-state index contributed by atoms with van der Waals surface area (Å²) in [6, 6.07) is -0.853. The number of methoxy groups -OCH3 is 1. The van der Waals surface area contributed by atoms with Crippen LogP contribution in [0.4, 0.5) is 0 Å². The van der Waals surface area contributed by atoms with Gasteiger partial charge in [-0.3, -0.25) is 4.79 Å². The van der Waals surface area contributed by atoms with Gasteiger partial charge in [0.05, 0.1) is 47.6 Å². The van der Waals surface area contributed by atoms with Crippen molar-refractivity contribution in [2.75, 3.05) is 27.7 Å². The van der Waals surface area contributed by atoms with E-state index < -0.39 is 96.0 Å². The number of esters is 1. The molecule has 18 atom stereocenters. The predicted octanol–water partition coefficient (Wildman–Crippen LogP) is 1.56. The van der Waals surface area contributed by atoms with E-state index in [9.17, 15) is 30.3 Å². The highest BCUT2D eigenvalue weighted by Gasteiger charge is 2.52. The molecule has 0 saturated carbocycles. The van der Waals surface area contributed by atoms with Crippen molar-refractivity contribution >= 4 is 5.97 Å². The Morgan fingerprint density at radius 2 is 1.69 bits per heavy atom. The molecule has 6 N–H and O–H groups in total. The van der Waals surface area contributed by atoms with Gasteiger partial charge in [-0.25, -0.2) is 0 Å². The zero-order valence-corrected chi connectivity index (χ0v) is 33.2. The first-order chi connectivity index (χ1) is 23.5. The fraction of sp³-hybridized carbons (Fsp3) is 0.973. The highest BCUT2D eigenvalue weighted by atomic mass is 16.7. The molecule has 3 saturated heterocycles. The van der Waals surface area contributed by atoms with Crippen molar-refractivity contribution in [3.63, 3.8) is 0 Å². The molecule has 14 nitrogen and oxygen atoms in total. The number of nitrogens with zero attached hydrogens (tertiary/aromatic N) is 1. The molecule has 0 radical (unpaired) electrons. The lowest BCUT2D eigenvalue weighted by molar-refractivity contribution is -0.318. The van der Waals surface area contributed by atoms with Crippen LogP contribution in [0.1, 0.15) is 94.9 Å². The molecule has 0 amide bonds. The average Bonchev–Trinajstić information content (AvgIpc) is 3.05. The summed E-state index contributed by atoms with van der Waals surface area (Å²) in [6.07, 6.45) is -8.13. The van der Waals surface area contributed by atoms with Crippen molar-refractivity contribution in [2.24, 2.45) is 17.8 Å². The number of likely N-dealkylation sites (N-methyl/N-ethyl adjacent to an activating group) is 1. The van der Waals surface area contributed by atoms with Gasteiger partial charge >= 0.3 is 5.97 Å². The van der Waals surface area contributed by atoms with Gasteiger partial charge in [0.2, 0.25) is 0 Å². The average molecular weight is 735 g/mol. The Kier molecular flexibility index (Phi) is 15.3. The first-order valence-corrected chi connectivity index (χ1v) is 18.8. The minimum Gasteiger partial charge on any atom is -0.457 e. The third-order valence-electron chi connectivity index (χ3n) is 11.7. The van der Waals surface area contributed by atoms with Gasteiger partial charge in [-0.2, -0.15) is 0 Å². The Morgan fingerprint density at radius 3 is 2.25 bits per heavy atom. The van der Waals surface area contributed by atoms with Gasteiger partial charge in [-0.05, 0) is 94.3 Å². The first kappa shape index (κ1) is 44.4. The zero-order valence-electron chi connectivity index (χ0n) is 33.2. The number of hydrogen-bond donors (Lipinski definition) is 6. The largest absolute Gasteiger partial charge is 0.457 e. The molecule has 14 heteroatoms. The molecule has 0 aliphatic carbocycles. The van der Waals surface area contributed by atoms with Crippen LogP contribution >= 0.6 is 0 Å². The maximum Gasteiger partial charge on any atom is 0.311 e. The molecule has 0 aromatic heterocycles. The second-order valence-corrected chi connectivity index (χ2v) is 16.7. The van der Waals surface area contributed by atoms with Gasteiger partial charge in [0.15, 0.2) is 12.6 Å². The summed E-state index contributed by atoms with van der Waals surface area (Å²) < 4.78 is 37.5. The third-order valence-corrected chi connectivity index (χ3v) is 11.7. The number of rotatable bonds is 9. The third kappa shape index (κ3) is 10.2. The number of ether oxygens (including phenoxy) is 6. The highest BCUT2D eigenvalue weighted by Crippen LogP contribution is 2.40. The quantitative estimate of drug-likeness (QED) is 0.187. The Bertz CT molecular complexity index is 1110. The number of carbonyl (C=O) groups excluding carboxylic acids is 1. The number of hydrogen-bond acceptors (Lipinski definition) is 14. The monoisotopic (exact) mass is 734 g/mol. The molecule has 3 rings (SSSR count). The molecule has 3 fully saturated rings. The number of aliphatic hydroxyl groups is 5. The van der Waals surface area contributed by atoms with Crippen molar-refractivity contribution < 1.29 is 58.7 Å². The standard InChI is InChI=1S/C37H70N2O12/c1-14-26(40)37(10,45)32-23(6)38-18-19(2)16-35(8,44)31(51-34-28(41)25(39(11)12)15-20(3)47-34)21(4)29(22(5)33(43)50-32)49-27-17-36(9,46-13)30(42)24(7)48-27/h19-32,34,38,40-42,44-45H,14-18H2,1-13H3/t19-,20-,21+,22-,23+,24+,25+,26-,27+,28-,29+,30+,31-,32-,34+,35+,36-,37+/m1/s1. The number of nitrogens with one attached hydrogen (secondary N) is 1. The van der Waals surface area contributed by atoms with Gasteiger partial charge in [-0.1, -0.05) is 20.8 Å². The number of aliphatic hydroxyl groups excluding tert-OH is 3. The van der Waals surface area contributed by atoms with E-state index >= 15 is 0 Å². The molecule has 0 unspecified atom stereocenters. The smallest absolute Gasteiger partial charge is 0.311 e. The molecule has 3 aliphatic heterocycles. The zero-order chi connectivity index (χ0) is 38.8. The summed E-state index contributed by atoms with van der Waals surface area (Å²) in [7, 11) is 5.27. The summed E-state index contributed by atoms with van der Waals surface area (Å²) in [5, 5.41) is 60.5. The van der Waals surface area contributed by atoms with Crippen LogP contribution in [0.2, 0.25) is 0 Å². The van der Waals surface area contributed by atoms with Crippen LogP contribution in [0.15, 0.2) is 0 Å². The fourth-order valence-electron chi connectivity index (χ4n) is 8.36. The van der Waals surface area contributed by atoms with Gasteiger partial charge < -0.3 is 64.2 Å². The van der Waals surface area contributed by atoms with E-state index in [0.29, 0.717) is 13.0 Å². The Labute approximate surface area is 305 Å². The van der Waals surface area contributed by atoms with E-state index in [4.69, 9.17) is 28.4 Å². The normalized spacial score (nSPS) is 47.0. The van der Waals surface area contributed by atoms with Crippen LogP contribution in [-0.2, 0) is 33.2 Å². The van der Waals surface area contributed by atoms with Gasteiger partial charge in [0, 0.05) is 31.5 Å². The first-order valence-electron chi connectivity index (χ1n) is 18.8. The summed E-state index contributed by atoms with van der Waals surface area (Å²) in [5.41, 5.74) is -4.35. The summed E-state index contributed by atoms with van der Waals surface area (Å²) in [5.74, 6) is -2.61. The van der Waals surface area contributed by atoms with Crippen molar-refractivity contribution in [3.8, 4) is 0 Å². The van der Waals surface area contributed by atoms with E-state index in [0.717, 1.165) is 0 Å². The van der Waals surface area contributed by atoms with Gasteiger partial charge in [0.1, 0.15) is 23.9 Å². The second-order valence-electron chi connectivity index (χ2n) is 16.7. The Morgan fingerprint density at radius 1 is 1.06 bits per heavy atom. The summed E-state index contributed by atoms with van der Waals surface area (Å²) in [6.45, 7) is 17.9. The van der Waals surface area contributed by atoms with Crippen molar-refractivity contribution in [3.05, 3.63) is 0 Å². The van der Waals surface area contributed by atoms with Crippen LogP contribution in [-0.4, -0.2) is 154 Å². The topological polar surface area (TPSA) is 189 Å². The van der Waals surface area contributed by atoms with E-state index in [-0.39, 0.29) is 37.3 Å². The van der Waals surface area contributed by atoms with Crippen LogP contribution in [0, 0.1) is 17.8 Å². The van der Waals surface area contributed by atoms with Gasteiger partial charge in [0.25, 0.3) is 0 Å². The van der Waals surface area contributed by atoms with E-state index in [1.54, 1.807) is 41.5 Å². The lowest BCUT2D eigenvalue weighted by Crippen LogP contribution is -2.60. The van der Waals surface area contributed by atoms with Crippen molar-refractivity contribution in [1.29, 1.82) is 0 Å². The summed E-state index contributed by atoms with van der Waals surface area (Å²) >= 11 is 0. The molecule has 0 bridgehead atoms. The minimum atomic E-state index is -1.80. The Hall–Kier alpha value is -1.01.